The highest BCUT2D eigenvalue weighted by molar-refractivity contribution is 5.97. The van der Waals surface area contributed by atoms with Crippen LogP contribution in [0.25, 0.3) is 10.9 Å². The highest BCUT2D eigenvalue weighted by Gasteiger charge is 2.37. The molecule has 2 amide bonds. The summed E-state index contributed by atoms with van der Waals surface area (Å²) in [6, 6.07) is 3.75. The molecule has 1 saturated heterocycles. The summed E-state index contributed by atoms with van der Waals surface area (Å²) in [6.07, 6.45) is 4.46. The zero-order valence-electron chi connectivity index (χ0n) is 11.2. The molecule has 1 fully saturated rings. The first-order valence-electron chi connectivity index (χ1n) is 6.58. The third-order valence-electron chi connectivity index (χ3n) is 3.81. The molecule has 3 heterocycles. The molecule has 1 aliphatic heterocycles. The first kappa shape index (κ1) is 12.7. The van der Waals surface area contributed by atoms with E-state index in [2.05, 4.69) is 20.6 Å². The molecule has 0 spiro atoms. The molecule has 2 aromatic rings. The second-order valence-corrected chi connectivity index (χ2v) is 5.43. The maximum absolute atomic E-state index is 12.4. The molecule has 1 unspecified atom stereocenters. The normalized spacial score (nSPS) is 22.6. The van der Waals surface area contributed by atoms with E-state index in [1.807, 2.05) is 25.3 Å². The Morgan fingerprint density at radius 1 is 1.50 bits per heavy atom. The number of hydrogen-bond donors (Lipinski definition) is 3. The number of rotatable bonds is 2. The number of piperidine rings is 1. The lowest BCUT2D eigenvalue weighted by atomic mass is 9.81. The lowest BCUT2D eigenvalue weighted by molar-refractivity contribution is -0.130. The third kappa shape index (κ3) is 2.24. The Bertz CT molecular complexity index is 667. The molecule has 2 aromatic heterocycles. The fourth-order valence-electron chi connectivity index (χ4n) is 2.34. The van der Waals surface area contributed by atoms with E-state index in [1.54, 1.807) is 6.20 Å². The van der Waals surface area contributed by atoms with Crippen LogP contribution in [-0.4, -0.2) is 28.3 Å². The molecule has 3 rings (SSSR count). The lowest BCUT2D eigenvalue weighted by Crippen LogP contribution is -2.48. The average Bonchev–Trinajstić information content (AvgIpc) is 2.90. The van der Waals surface area contributed by atoms with E-state index in [0.29, 0.717) is 25.2 Å². The molecule has 3 N–H and O–H groups in total. The van der Waals surface area contributed by atoms with E-state index in [0.717, 1.165) is 10.9 Å². The van der Waals surface area contributed by atoms with Crippen molar-refractivity contribution in [1.82, 2.24) is 15.3 Å². The number of hydrogen-bond acceptors (Lipinski definition) is 3. The largest absolute Gasteiger partial charge is 0.360 e. The third-order valence-corrected chi connectivity index (χ3v) is 3.81. The van der Waals surface area contributed by atoms with Crippen molar-refractivity contribution in [3.05, 3.63) is 24.5 Å². The highest BCUT2D eigenvalue weighted by atomic mass is 16.2. The number of pyridine rings is 1. The number of amides is 2. The van der Waals surface area contributed by atoms with Gasteiger partial charge in [-0.1, -0.05) is 0 Å². The molecule has 0 radical (unpaired) electrons. The maximum Gasteiger partial charge on any atom is 0.233 e. The van der Waals surface area contributed by atoms with Gasteiger partial charge in [0, 0.05) is 24.5 Å². The number of H-pyrrole nitrogens is 1. The maximum atomic E-state index is 12.4. The number of anilines is 1. The van der Waals surface area contributed by atoms with Crippen molar-refractivity contribution in [3.8, 4) is 0 Å². The van der Waals surface area contributed by atoms with Crippen LogP contribution in [0.4, 0.5) is 5.82 Å². The number of aromatic nitrogens is 2. The minimum Gasteiger partial charge on any atom is -0.360 e. The second kappa shape index (κ2) is 4.63. The molecule has 0 bridgehead atoms. The monoisotopic (exact) mass is 272 g/mol. The predicted molar refractivity (Wildman–Crippen MR) is 75.1 cm³/mol. The number of nitrogens with zero attached hydrogens (tertiary/aromatic N) is 1. The summed E-state index contributed by atoms with van der Waals surface area (Å²) >= 11 is 0. The van der Waals surface area contributed by atoms with Gasteiger partial charge in [0.15, 0.2) is 0 Å². The lowest BCUT2D eigenvalue weighted by Gasteiger charge is -2.31. The van der Waals surface area contributed by atoms with E-state index in [-0.39, 0.29) is 11.8 Å². The second-order valence-electron chi connectivity index (χ2n) is 5.43. The average molecular weight is 272 g/mol. The van der Waals surface area contributed by atoms with Gasteiger partial charge in [-0.3, -0.25) is 9.59 Å². The summed E-state index contributed by atoms with van der Waals surface area (Å²) in [7, 11) is 0. The summed E-state index contributed by atoms with van der Waals surface area (Å²) in [6.45, 7) is 2.22. The Hall–Kier alpha value is -2.37. The van der Waals surface area contributed by atoms with Gasteiger partial charge in [0.05, 0.1) is 17.1 Å². The van der Waals surface area contributed by atoms with Gasteiger partial charge in [-0.2, -0.15) is 0 Å². The van der Waals surface area contributed by atoms with Gasteiger partial charge < -0.3 is 15.6 Å². The van der Waals surface area contributed by atoms with Gasteiger partial charge in [-0.05, 0) is 25.5 Å². The zero-order valence-corrected chi connectivity index (χ0v) is 11.2. The van der Waals surface area contributed by atoms with Crippen molar-refractivity contribution >= 4 is 28.5 Å². The Kier molecular flexibility index (Phi) is 2.93. The highest BCUT2D eigenvalue weighted by Crippen LogP contribution is 2.27. The fraction of sp³-hybridized carbons (Fsp3) is 0.357. The molecular formula is C14H16N4O2. The summed E-state index contributed by atoms with van der Waals surface area (Å²) in [5.41, 5.74) is 0.349. The van der Waals surface area contributed by atoms with Crippen molar-refractivity contribution in [3.63, 3.8) is 0 Å². The smallest absolute Gasteiger partial charge is 0.233 e. The molecule has 104 valence electrons. The summed E-state index contributed by atoms with van der Waals surface area (Å²) < 4.78 is 0. The summed E-state index contributed by atoms with van der Waals surface area (Å²) in [4.78, 5) is 30.8. The van der Waals surface area contributed by atoms with Crippen LogP contribution in [0.15, 0.2) is 24.5 Å². The molecule has 6 nitrogen and oxygen atoms in total. The van der Waals surface area contributed by atoms with E-state index in [4.69, 9.17) is 0 Å². The first-order chi connectivity index (χ1) is 9.57. The fourth-order valence-corrected chi connectivity index (χ4v) is 2.34. The van der Waals surface area contributed by atoms with Crippen LogP contribution >= 0.6 is 0 Å². The van der Waals surface area contributed by atoms with Crippen molar-refractivity contribution < 1.29 is 9.59 Å². The molecule has 20 heavy (non-hydrogen) atoms. The molecule has 0 aliphatic carbocycles. The zero-order chi connectivity index (χ0) is 14.2. The SMILES string of the molecule is CC1(C(=O)Nc2cc3cc[nH]c3cn2)CCC(=O)NC1. The van der Waals surface area contributed by atoms with Crippen LogP contribution in [0, 0.1) is 5.41 Å². The van der Waals surface area contributed by atoms with Gasteiger partial charge >= 0.3 is 0 Å². The van der Waals surface area contributed by atoms with E-state index in [1.165, 1.54) is 0 Å². The molecule has 0 aromatic carbocycles. The van der Waals surface area contributed by atoms with Gasteiger partial charge in [-0.25, -0.2) is 4.98 Å². The molecule has 1 aliphatic rings. The molecular weight excluding hydrogens is 256 g/mol. The quantitative estimate of drug-likeness (QED) is 0.772. The van der Waals surface area contributed by atoms with E-state index >= 15 is 0 Å². The Morgan fingerprint density at radius 3 is 3.10 bits per heavy atom. The van der Waals surface area contributed by atoms with Gasteiger partial charge in [0.25, 0.3) is 0 Å². The van der Waals surface area contributed by atoms with Crippen molar-refractivity contribution in [2.45, 2.75) is 19.8 Å². The van der Waals surface area contributed by atoms with E-state index < -0.39 is 5.41 Å². The van der Waals surface area contributed by atoms with E-state index in [9.17, 15) is 9.59 Å². The number of carbonyl (C=O) groups excluding carboxylic acids is 2. The van der Waals surface area contributed by atoms with Crippen LogP contribution in [0.1, 0.15) is 19.8 Å². The predicted octanol–water partition coefficient (Wildman–Crippen LogP) is 1.42. The van der Waals surface area contributed by atoms with Crippen molar-refractivity contribution in [2.75, 3.05) is 11.9 Å². The topological polar surface area (TPSA) is 86.9 Å². The summed E-state index contributed by atoms with van der Waals surface area (Å²) in [5, 5.41) is 6.57. The Labute approximate surface area is 116 Å². The number of carbonyl (C=O) groups is 2. The van der Waals surface area contributed by atoms with Gasteiger partial charge in [0.1, 0.15) is 5.82 Å². The van der Waals surface area contributed by atoms with Gasteiger partial charge in [0.2, 0.25) is 11.8 Å². The minimum absolute atomic E-state index is 0.00198. The number of fused-ring (bicyclic) bond motifs is 1. The first-order valence-corrected chi connectivity index (χ1v) is 6.58. The van der Waals surface area contributed by atoms with Crippen LogP contribution in [0.2, 0.25) is 0 Å². The van der Waals surface area contributed by atoms with Crippen LogP contribution in [0.3, 0.4) is 0 Å². The van der Waals surface area contributed by atoms with Gasteiger partial charge in [-0.15, -0.1) is 0 Å². The Morgan fingerprint density at radius 2 is 2.35 bits per heavy atom. The molecule has 0 saturated carbocycles. The van der Waals surface area contributed by atoms with Crippen LogP contribution < -0.4 is 10.6 Å². The molecule has 6 heteroatoms. The number of nitrogens with one attached hydrogen (secondary N) is 3. The summed E-state index contributed by atoms with van der Waals surface area (Å²) in [5.74, 6) is 0.419. The minimum atomic E-state index is -0.581. The van der Waals surface area contributed by atoms with Crippen molar-refractivity contribution in [2.24, 2.45) is 5.41 Å². The van der Waals surface area contributed by atoms with Crippen LogP contribution in [0.5, 0.6) is 0 Å². The molecule has 1 atom stereocenters. The standard InChI is InChI=1S/C14H16N4O2/c1-14(4-2-12(19)17-8-14)13(20)18-11-6-9-3-5-15-10(9)7-16-11/h3,5-7,15H,2,4,8H2,1H3,(H,17,19)(H,16,18,20). The van der Waals surface area contributed by atoms with Crippen molar-refractivity contribution in [1.29, 1.82) is 0 Å². The Balaban J connectivity index is 1.76. The van der Waals surface area contributed by atoms with Crippen LogP contribution in [-0.2, 0) is 9.59 Å². The number of aromatic amines is 1.